The summed E-state index contributed by atoms with van der Waals surface area (Å²) in [5.74, 6) is -0.364. The van der Waals surface area contributed by atoms with Crippen molar-refractivity contribution in [3.63, 3.8) is 0 Å². The highest BCUT2D eigenvalue weighted by Crippen LogP contribution is 2.25. The van der Waals surface area contributed by atoms with Crippen molar-refractivity contribution < 1.29 is 13.2 Å². The van der Waals surface area contributed by atoms with Gasteiger partial charge in [0.25, 0.3) is 15.9 Å². The Morgan fingerprint density at radius 3 is 2.26 bits per heavy atom. The first-order valence-electron chi connectivity index (χ1n) is 8.40. The zero-order valence-electron chi connectivity index (χ0n) is 15.1. The van der Waals surface area contributed by atoms with Gasteiger partial charge in [0.1, 0.15) is 0 Å². The van der Waals surface area contributed by atoms with E-state index in [-0.39, 0.29) is 16.4 Å². The molecule has 3 aromatic rings. The van der Waals surface area contributed by atoms with Crippen LogP contribution in [0.1, 0.15) is 15.9 Å². The standard InChI is InChI=1S/C21H20N2O3S/c1-16-9-6-7-14-20(16)23(2)27(25,26)19-13-8-10-17(15-19)21(24)22-18-11-4-3-5-12-18/h3-15H,1-2H3,(H,22,24). The molecule has 0 spiro atoms. The third-order valence-corrected chi connectivity index (χ3v) is 6.01. The SMILES string of the molecule is Cc1ccccc1N(C)S(=O)(=O)c1cccc(C(=O)Nc2ccccc2)c1. The molecule has 0 aliphatic rings. The van der Waals surface area contributed by atoms with E-state index in [1.165, 1.54) is 23.5 Å². The van der Waals surface area contributed by atoms with Crippen LogP contribution in [0.5, 0.6) is 0 Å². The van der Waals surface area contributed by atoms with Crippen molar-refractivity contribution in [3.05, 3.63) is 90.0 Å². The van der Waals surface area contributed by atoms with E-state index in [1.54, 1.807) is 36.4 Å². The number of hydrogen-bond acceptors (Lipinski definition) is 3. The average Bonchev–Trinajstić information content (AvgIpc) is 2.68. The van der Waals surface area contributed by atoms with Crippen molar-refractivity contribution in [3.8, 4) is 0 Å². The van der Waals surface area contributed by atoms with Crippen molar-refractivity contribution >= 4 is 27.3 Å². The molecular formula is C21H20N2O3S. The van der Waals surface area contributed by atoms with Crippen molar-refractivity contribution in [1.82, 2.24) is 0 Å². The van der Waals surface area contributed by atoms with Crippen molar-refractivity contribution in [2.45, 2.75) is 11.8 Å². The Bertz CT molecular complexity index is 1060. The third-order valence-electron chi connectivity index (χ3n) is 4.24. The lowest BCUT2D eigenvalue weighted by Crippen LogP contribution is -2.27. The molecule has 1 amide bonds. The lowest BCUT2D eigenvalue weighted by molar-refractivity contribution is 0.102. The van der Waals surface area contributed by atoms with E-state index >= 15 is 0 Å². The number of para-hydroxylation sites is 2. The first kappa shape index (κ1) is 18.7. The van der Waals surface area contributed by atoms with Crippen LogP contribution < -0.4 is 9.62 Å². The lowest BCUT2D eigenvalue weighted by Gasteiger charge is -2.21. The summed E-state index contributed by atoms with van der Waals surface area (Å²) in [6.07, 6.45) is 0. The zero-order chi connectivity index (χ0) is 19.4. The number of carbonyl (C=O) groups is 1. The summed E-state index contributed by atoms with van der Waals surface area (Å²) in [5.41, 5.74) is 2.36. The van der Waals surface area contributed by atoms with E-state index in [4.69, 9.17) is 0 Å². The maximum Gasteiger partial charge on any atom is 0.264 e. The fourth-order valence-corrected chi connectivity index (χ4v) is 4.03. The summed E-state index contributed by atoms with van der Waals surface area (Å²) >= 11 is 0. The predicted octanol–water partition coefficient (Wildman–Crippen LogP) is 4.07. The van der Waals surface area contributed by atoms with Crippen LogP contribution in [-0.4, -0.2) is 21.4 Å². The lowest BCUT2D eigenvalue weighted by atomic mass is 10.2. The first-order chi connectivity index (χ1) is 12.9. The molecule has 0 bridgehead atoms. The van der Waals surface area contributed by atoms with Gasteiger partial charge < -0.3 is 5.32 Å². The number of amides is 1. The number of sulfonamides is 1. The van der Waals surface area contributed by atoms with Crippen LogP contribution in [0.2, 0.25) is 0 Å². The smallest absolute Gasteiger partial charge is 0.264 e. The minimum absolute atomic E-state index is 0.0639. The third kappa shape index (κ3) is 4.01. The fourth-order valence-electron chi connectivity index (χ4n) is 2.73. The second kappa shape index (κ2) is 7.63. The van der Waals surface area contributed by atoms with Crippen molar-refractivity contribution in [1.29, 1.82) is 0 Å². The molecule has 3 aromatic carbocycles. The summed E-state index contributed by atoms with van der Waals surface area (Å²) in [4.78, 5) is 12.5. The summed E-state index contributed by atoms with van der Waals surface area (Å²) < 4.78 is 27.3. The molecule has 0 aliphatic heterocycles. The van der Waals surface area contributed by atoms with Gasteiger partial charge in [0.15, 0.2) is 0 Å². The molecule has 0 unspecified atom stereocenters. The Morgan fingerprint density at radius 1 is 0.889 bits per heavy atom. The Labute approximate surface area is 159 Å². The van der Waals surface area contributed by atoms with E-state index < -0.39 is 10.0 Å². The number of aryl methyl sites for hydroxylation is 1. The fraction of sp³-hybridized carbons (Fsp3) is 0.0952. The van der Waals surface area contributed by atoms with Gasteiger partial charge >= 0.3 is 0 Å². The molecule has 0 atom stereocenters. The van der Waals surface area contributed by atoms with Gasteiger partial charge in [-0.1, -0.05) is 42.5 Å². The Balaban J connectivity index is 1.90. The van der Waals surface area contributed by atoms with Crippen LogP contribution in [0.15, 0.2) is 83.8 Å². The van der Waals surface area contributed by atoms with Gasteiger partial charge in [-0.15, -0.1) is 0 Å². The number of hydrogen-bond donors (Lipinski definition) is 1. The van der Waals surface area contributed by atoms with E-state index in [0.29, 0.717) is 11.4 Å². The van der Waals surface area contributed by atoms with E-state index in [2.05, 4.69) is 5.32 Å². The van der Waals surface area contributed by atoms with Gasteiger partial charge in [0.05, 0.1) is 10.6 Å². The molecule has 5 nitrogen and oxygen atoms in total. The topological polar surface area (TPSA) is 66.5 Å². The van der Waals surface area contributed by atoms with Gasteiger partial charge in [0, 0.05) is 18.3 Å². The Morgan fingerprint density at radius 2 is 1.56 bits per heavy atom. The van der Waals surface area contributed by atoms with E-state index in [0.717, 1.165) is 5.56 Å². The minimum Gasteiger partial charge on any atom is -0.322 e. The minimum atomic E-state index is -3.79. The average molecular weight is 380 g/mol. The van der Waals surface area contributed by atoms with Crippen LogP contribution in [0.3, 0.4) is 0 Å². The van der Waals surface area contributed by atoms with Crippen LogP contribution in [0.4, 0.5) is 11.4 Å². The largest absolute Gasteiger partial charge is 0.322 e. The molecule has 27 heavy (non-hydrogen) atoms. The van der Waals surface area contributed by atoms with Gasteiger partial charge in [-0.3, -0.25) is 9.10 Å². The number of nitrogens with one attached hydrogen (secondary N) is 1. The van der Waals surface area contributed by atoms with Gasteiger partial charge in [-0.25, -0.2) is 8.42 Å². The number of carbonyl (C=O) groups excluding carboxylic acids is 1. The molecule has 6 heteroatoms. The number of rotatable bonds is 5. The predicted molar refractivity (Wildman–Crippen MR) is 108 cm³/mol. The van der Waals surface area contributed by atoms with Gasteiger partial charge in [0.2, 0.25) is 0 Å². The summed E-state index contributed by atoms with van der Waals surface area (Å²) in [6, 6.07) is 22.3. The quantitative estimate of drug-likeness (QED) is 0.725. The molecule has 0 saturated carbocycles. The van der Waals surface area contributed by atoms with Crippen LogP contribution in [0, 0.1) is 6.92 Å². The molecule has 0 fully saturated rings. The highest BCUT2D eigenvalue weighted by molar-refractivity contribution is 7.92. The number of anilines is 2. The molecule has 0 aromatic heterocycles. The highest BCUT2D eigenvalue weighted by atomic mass is 32.2. The zero-order valence-corrected chi connectivity index (χ0v) is 15.9. The molecule has 138 valence electrons. The second-order valence-corrected chi connectivity index (χ2v) is 8.08. The molecule has 1 N–H and O–H groups in total. The molecule has 0 aliphatic carbocycles. The molecule has 0 saturated heterocycles. The summed E-state index contributed by atoms with van der Waals surface area (Å²) in [6.45, 7) is 1.85. The van der Waals surface area contributed by atoms with Crippen LogP contribution >= 0.6 is 0 Å². The Kier molecular flexibility index (Phi) is 5.28. The molecule has 0 heterocycles. The van der Waals surface area contributed by atoms with Gasteiger partial charge in [-0.05, 0) is 48.9 Å². The molecule has 0 radical (unpaired) electrons. The van der Waals surface area contributed by atoms with E-state index in [1.807, 2.05) is 37.3 Å². The number of nitrogens with zero attached hydrogens (tertiary/aromatic N) is 1. The second-order valence-electron chi connectivity index (χ2n) is 6.11. The molecular weight excluding hydrogens is 360 g/mol. The maximum absolute atomic E-state index is 13.0. The molecule has 3 rings (SSSR count). The first-order valence-corrected chi connectivity index (χ1v) is 9.84. The monoisotopic (exact) mass is 380 g/mol. The summed E-state index contributed by atoms with van der Waals surface area (Å²) in [7, 11) is -2.28. The highest BCUT2D eigenvalue weighted by Gasteiger charge is 2.23. The number of benzene rings is 3. The maximum atomic E-state index is 13.0. The van der Waals surface area contributed by atoms with E-state index in [9.17, 15) is 13.2 Å². The van der Waals surface area contributed by atoms with Crippen molar-refractivity contribution in [2.24, 2.45) is 0 Å². The van der Waals surface area contributed by atoms with Crippen LogP contribution in [0.25, 0.3) is 0 Å². The normalized spacial score (nSPS) is 11.0. The Hall–Kier alpha value is -3.12. The summed E-state index contributed by atoms with van der Waals surface area (Å²) in [5, 5.41) is 2.76. The van der Waals surface area contributed by atoms with Crippen molar-refractivity contribution in [2.75, 3.05) is 16.7 Å². The van der Waals surface area contributed by atoms with Gasteiger partial charge in [-0.2, -0.15) is 0 Å². The van der Waals surface area contributed by atoms with Crippen LogP contribution in [-0.2, 0) is 10.0 Å².